The smallest absolute Gasteiger partial charge is 0.329 e. The lowest BCUT2D eigenvalue weighted by molar-refractivity contribution is 0.102. The third-order valence-electron chi connectivity index (χ3n) is 4.52. The van der Waals surface area contributed by atoms with E-state index in [9.17, 15) is 22.8 Å². The Labute approximate surface area is 204 Å². The summed E-state index contributed by atoms with van der Waals surface area (Å²) >= 11 is 3.40. The number of carbonyl (C=O) groups is 1. The molecule has 0 amide bonds. The summed E-state index contributed by atoms with van der Waals surface area (Å²) in [6.07, 6.45) is 2.25. The van der Waals surface area contributed by atoms with Crippen LogP contribution in [0.4, 0.5) is 5.82 Å². The first-order valence-electron chi connectivity index (χ1n) is 9.99. The molecule has 0 fully saturated rings. The standard InChI is InChI=1S/C21H21BrN4O3.CH4O3S/c1-11(2)17-18(19(27)14-6-12(3)7-15(22)9-14)26(21(29)25-20(17)28)10-13-4-5-24-16(23)8-13;1-5(2,3)4/h4-9,11H,10H2,1-3H3,(H2,23,24)(H,25,28,29);1H3,(H,2,3,4). The van der Waals surface area contributed by atoms with Gasteiger partial charge in [0, 0.05) is 21.8 Å². The summed E-state index contributed by atoms with van der Waals surface area (Å²) in [7, 11) is -3.67. The summed E-state index contributed by atoms with van der Waals surface area (Å²) in [5.41, 5.74) is 6.88. The Morgan fingerprint density at radius 1 is 1.24 bits per heavy atom. The summed E-state index contributed by atoms with van der Waals surface area (Å²) in [5, 5.41) is 0. The molecule has 3 rings (SSSR count). The van der Waals surface area contributed by atoms with Gasteiger partial charge < -0.3 is 5.73 Å². The number of nitrogens with two attached hydrogens (primary N) is 1. The van der Waals surface area contributed by atoms with Gasteiger partial charge >= 0.3 is 5.69 Å². The molecule has 0 aliphatic carbocycles. The molecular formula is C22H25BrN4O6S. The number of nitrogens with one attached hydrogen (secondary N) is 1. The van der Waals surface area contributed by atoms with Crippen molar-refractivity contribution in [2.24, 2.45) is 0 Å². The number of hydrogen-bond acceptors (Lipinski definition) is 7. The van der Waals surface area contributed by atoms with E-state index in [1.54, 1.807) is 24.3 Å². The van der Waals surface area contributed by atoms with E-state index in [-0.39, 0.29) is 29.5 Å². The number of aromatic nitrogens is 3. The van der Waals surface area contributed by atoms with Crippen LogP contribution in [0.15, 0.2) is 50.6 Å². The lowest BCUT2D eigenvalue weighted by Gasteiger charge is -2.18. The van der Waals surface area contributed by atoms with Gasteiger partial charge in [0.2, 0.25) is 5.78 Å². The minimum absolute atomic E-state index is 0.0795. The first-order valence-corrected chi connectivity index (χ1v) is 12.6. The van der Waals surface area contributed by atoms with Crippen LogP contribution >= 0.6 is 15.9 Å². The van der Waals surface area contributed by atoms with Crippen LogP contribution in [0.1, 0.15) is 52.5 Å². The van der Waals surface area contributed by atoms with Gasteiger partial charge in [-0.25, -0.2) is 9.78 Å². The topological polar surface area (TPSA) is 165 Å². The first kappa shape index (κ1) is 27.2. The van der Waals surface area contributed by atoms with E-state index >= 15 is 0 Å². The third-order valence-corrected chi connectivity index (χ3v) is 4.98. The van der Waals surface area contributed by atoms with E-state index in [0.717, 1.165) is 10.0 Å². The Kier molecular flexibility index (Phi) is 8.70. The Morgan fingerprint density at radius 3 is 2.38 bits per heavy atom. The lowest BCUT2D eigenvalue weighted by atomic mass is 9.96. The first-order chi connectivity index (χ1) is 15.7. The van der Waals surface area contributed by atoms with Crippen LogP contribution in [0, 0.1) is 6.92 Å². The molecule has 0 spiro atoms. The van der Waals surface area contributed by atoms with Crippen LogP contribution in [0.2, 0.25) is 0 Å². The molecular weight excluding hydrogens is 528 g/mol. The number of aromatic amines is 1. The number of benzene rings is 1. The minimum atomic E-state index is -3.67. The van der Waals surface area contributed by atoms with Gasteiger partial charge in [0.15, 0.2) is 0 Å². The molecule has 12 heteroatoms. The van der Waals surface area contributed by atoms with Crippen molar-refractivity contribution in [2.75, 3.05) is 12.0 Å². The molecule has 0 radical (unpaired) electrons. The molecule has 1 aromatic carbocycles. The van der Waals surface area contributed by atoms with Crippen LogP contribution in [-0.2, 0) is 16.7 Å². The number of halogens is 1. The molecule has 2 heterocycles. The highest BCUT2D eigenvalue weighted by Crippen LogP contribution is 2.22. The van der Waals surface area contributed by atoms with Crippen molar-refractivity contribution in [2.45, 2.75) is 33.2 Å². The predicted molar refractivity (Wildman–Crippen MR) is 133 cm³/mol. The largest absolute Gasteiger partial charge is 0.384 e. The average molecular weight is 553 g/mol. The van der Waals surface area contributed by atoms with Crippen molar-refractivity contribution < 1.29 is 17.8 Å². The van der Waals surface area contributed by atoms with Gasteiger partial charge in [0.1, 0.15) is 11.5 Å². The molecule has 0 aliphatic rings. The molecule has 10 nitrogen and oxygen atoms in total. The third kappa shape index (κ3) is 7.47. The Morgan fingerprint density at radius 2 is 1.85 bits per heavy atom. The summed E-state index contributed by atoms with van der Waals surface area (Å²) in [6.45, 7) is 5.57. The fraction of sp³-hybridized carbons (Fsp3) is 0.273. The number of carbonyl (C=O) groups excluding carboxylic acids is 1. The summed E-state index contributed by atoms with van der Waals surface area (Å²) in [4.78, 5) is 45.0. The molecule has 0 atom stereocenters. The highest BCUT2D eigenvalue weighted by atomic mass is 79.9. The maximum Gasteiger partial charge on any atom is 0.329 e. The summed E-state index contributed by atoms with van der Waals surface area (Å²) in [5.74, 6) is -0.344. The number of nitrogens with zero attached hydrogens (tertiary/aromatic N) is 2. The summed E-state index contributed by atoms with van der Waals surface area (Å²) < 4.78 is 27.9. The normalized spacial score (nSPS) is 11.1. The van der Waals surface area contributed by atoms with Gasteiger partial charge in [-0.2, -0.15) is 8.42 Å². The number of anilines is 1. The highest BCUT2D eigenvalue weighted by Gasteiger charge is 2.25. The van der Waals surface area contributed by atoms with Crippen LogP contribution in [0.5, 0.6) is 0 Å². The second kappa shape index (κ2) is 10.9. The van der Waals surface area contributed by atoms with Gasteiger partial charge in [-0.05, 0) is 54.3 Å². The van der Waals surface area contributed by atoms with Crippen molar-refractivity contribution in [3.63, 3.8) is 0 Å². The lowest BCUT2D eigenvalue weighted by Crippen LogP contribution is -2.38. The Balaban J connectivity index is 0.000000739. The molecule has 0 bridgehead atoms. The van der Waals surface area contributed by atoms with Crippen LogP contribution in [-0.4, -0.2) is 39.5 Å². The van der Waals surface area contributed by atoms with Crippen LogP contribution < -0.4 is 17.0 Å². The average Bonchev–Trinajstić information content (AvgIpc) is 2.67. The molecule has 0 saturated heterocycles. The maximum absolute atomic E-state index is 13.5. The molecule has 34 heavy (non-hydrogen) atoms. The van der Waals surface area contributed by atoms with Gasteiger partial charge in [0.25, 0.3) is 15.7 Å². The number of hydrogen-bond donors (Lipinski definition) is 3. The minimum Gasteiger partial charge on any atom is -0.384 e. The second-order valence-electron chi connectivity index (χ2n) is 7.93. The quantitative estimate of drug-likeness (QED) is 0.320. The van der Waals surface area contributed by atoms with Gasteiger partial charge in [-0.1, -0.05) is 29.8 Å². The van der Waals surface area contributed by atoms with Gasteiger partial charge in [-0.3, -0.25) is 23.7 Å². The molecule has 0 saturated carbocycles. The van der Waals surface area contributed by atoms with Crippen molar-refractivity contribution in [3.8, 4) is 0 Å². The Hall–Kier alpha value is -3.09. The highest BCUT2D eigenvalue weighted by molar-refractivity contribution is 9.10. The number of aryl methyl sites for hydroxylation is 1. The number of pyridine rings is 1. The van der Waals surface area contributed by atoms with E-state index in [4.69, 9.17) is 10.3 Å². The molecule has 3 aromatic rings. The summed E-state index contributed by atoms with van der Waals surface area (Å²) in [6, 6.07) is 8.63. The monoisotopic (exact) mass is 552 g/mol. The zero-order valence-electron chi connectivity index (χ0n) is 19.0. The van der Waals surface area contributed by atoms with Crippen LogP contribution in [0.3, 0.4) is 0 Å². The maximum atomic E-state index is 13.5. The molecule has 0 aliphatic heterocycles. The van der Waals surface area contributed by atoms with Gasteiger partial charge in [0.05, 0.1) is 12.8 Å². The second-order valence-corrected chi connectivity index (χ2v) is 10.3. The van der Waals surface area contributed by atoms with E-state index in [1.807, 2.05) is 26.8 Å². The molecule has 0 unspecified atom stereocenters. The number of ketones is 1. The fourth-order valence-electron chi connectivity index (χ4n) is 3.30. The van der Waals surface area contributed by atoms with Crippen molar-refractivity contribution in [1.29, 1.82) is 0 Å². The van der Waals surface area contributed by atoms with E-state index < -0.39 is 21.4 Å². The van der Waals surface area contributed by atoms with E-state index in [1.165, 1.54) is 10.8 Å². The fourth-order valence-corrected chi connectivity index (χ4v) is 3.90. The number of nitrogen functional groups attached to an aromatic ring is 1. The van der Waals surface area contributed by atoms with Crippen LogP contribution in [0.25, 0.3) is 0 Å². The zero-order chi connectivity index (χ0) is 25.8. The van der Waals surface area contributed by atoms with Gasteiger partial charge in [-0.15, -0.1) is 0 Å². The SMILES string of the molecule is CS(=O)(=O)O.Cc1cc(Br)cc(C(=O)c2c(C(C)C)c(=O)[nH]c(=O)n2Cc2ccnc(N)c2)c1. The number of rotatable bonds is 5. The number of H-pyrrole nitrogens is 1. The van der Waals surface area contributed by atoms with Crippen molar-refractivity contribution in [1.82, 2.24) is 14.5 Å². The van der Waals surface area contributed by atoms with Crippen molar-refractivity contribution in [3.05, 3.63) is 89.8 Å². The zero-order valence-corrected chi connectivity index (χ0v) is 21.4. The Bertz CT molecular complexity index is 1420. The van der Waals surface area contributed by atoms with E-state index in [0.29, 0.717) is 23.2 Å². The molecule has 182 valence electrons. The predicted octanol–water partition coefficient (Wildman–Crippen LogP) is 2.49. The van der Waals surface area contributed by atoms with Crippen molar-refractivity contribution >= 4 is 37.6 Å². The van der Waals surface area contributed by atoms with E-state index in [2.05, 4.69) is 25.9 Å². The molecule has 2 aromatic heterocycles. The molecule has 4 N–H and O–H groups in total.